The van der Waals surface area contributed by atoms with Gasteiger partial charge >= 0.3 is 0 Å². The molecule has 0 saturated carbocycles. The van der Waals surface area contributed by atoms with Crippen molar-refractivity contribution in [1.82, 2.24) is 15.5 Å². The lowest BCUT2D eigenvalue weighted by Gasteiger charge is -2.40. The molecule has 2 atom stereocenters. The highest BCUT2D eigenvalue weighted by Crippen LogP contribution is 2.38. The molecule has 2 N–H and O–H groups in total. The molecule has 1 fully saturated rings. The summed E-state index contributed by atoms with van der Waals surface area (Å²) in [5.41, 5.74) is 3.22. The molecule has 2 aromatic rings. The fraction of sp³-hybridized carbons (Fsp3) is 0.562. The molecule has 0 radical (unpaired) electrons. The van der Waals surface area contributed by atoms with Gasteiger partial charge in [0, 0.05) is 13.0 Å². The maximum atomic E-state index is 13.4. The van der Waals surface area contributed by atoms with Gasteiger partial charge in [-0.25, -0.2) is 0 Å². The molecule has 7 heteroatoms. The van der Waals surface area contributed by atoms with Gasteiger partial charge < -0.3 is 20.1 Å². The summed E-state index contributed by atoms with van der Waals surface area (Å²) in [4.78, 5) is 28.5. The van der Waals surface area contributed by atoms with Crippen LogP contribution in [0.2, 0.25) is 0 Å². The number of nitrogens with zero attached hydrogens (tertiary/aromatic N) is 1. The van der Waals surface area contributed by atoms with Crippen molar-refractivity contribution in [2.75, 3.05) is 32.8 Å². The minimum absolute atomic E-state index is 0.0293. The highest BCUT2D eigenvalue weighted by molar-refractivity contribution is 5.83. The third-order valence-electron chi connectivity index (χ3n) is 8.65. The van der Waals surface area contributed by atoms with Gasteiger partial charge in [0.2, 0.25) is 11.8 Å². The van der Waals surface area contributed by atoms with E-state index in [4.69, 9.17) is 9.47 Å². The molecule has 2 amide bonds. The van der Waals surface area contributed by atoms with Crippen LogP contribution < -0.4 is 20.1 Å². The number of hydrogen-bond acceptors (Lipinski definition) is 5. The lowest BCUT2D eigenvalue weighted by molar-refractivity contribution is -0.135. The van der Waals surface area contributed by atoms with Crippen LogP contribution in [0.3, 0.4) is 0 Å². The van der Waals surface area contributed by atoms with Gasteiger partial charge in [-0.15, -0.1) is 0 Å². The smallest absolute Gasteiger partial charge is 0.234 e. The highest BCUT2D eigenvalue weighted by Gasteiger charge is 2.41. The molecular weight excluding hydrogens is 490 g/mol. The van der Waals surface area contributed by atoms with Gasteiger partial charge in [0.25, 0.3) is 0 Å². The molecule has 2 aromatic carbocycles. The Morgan fingerprint density at radius 3 is 2.74 bits per heavy atom. The first-order valence-corrected chi connectivity index (χ1v) is 14.7. The number of fused-ring (bicyclic) bond motifs is 2. The Labute approximate surface area is 232 Å². The summed E-state index contributed by atoms with van der Waals surface area (Å²) in [6, 6.07) is 14.4. The molecule has 3 aliphatic heterocycles. The van der Waals surface area contributed by atoms with Crippen LogP contribution in [0, 0.1) is 5.41 Å². The van der Waals surface area contributed by atoms with Gasteiger partial charge in [-0.1, -0.05) is 30.7 Å². The van der Waals surface area contributed by atoms with Crippen LogP contribution >= 0.6 is 0 Å². The predicted octanol–water partition coefficient (Wildman–Crippen LogP) is 4.58. The average molecular weight is 534 g/mol. The van der Waals surface area contributed by atoms with E-state index in [1.807, 2.05) is 31.2 Å². The Bertz CT molecular complexity index is 1160. The molecule has 5 rings (SSSR count). The minimum atomic E-state index is -0.349. The first-order chi connectivity index (χ1) is 18.9. The number of carbonyl (C=O) groups excluding carboxylic acids is 2. The van der Waals surface area contributed by atoms with E-state index in [1.165, 1.54) is 11.1 Å². The number of carbonyl (C=O) groups is 2. The van der Waals surface area contributed by atoms with Gasteiger partial charge in [-0.2, -0.15) is 0 Å². The molecule has 2 unspecified atom stereocenters. The van der Waals surface area contributed by atoms with Crippen molar-refractivity contribution in [1.29, 1.82) is 0 Å². The number of hydrogen-bond donors (Lipinski definition) is 2. The molecule has 1 spiro atoms. The van der Waals surface area contributed by atoms with Gasteiger partial charge in [-0.3, -0.25) is 14.5 Å². The number of para-hydroxylation sites is 1. The molecule has 39 heavy (non-hydrogen) atoms. The summed E-state index contributed by atoms with van der Waals surface area (Å²) < 4.78 is 11.8. The summed E-state index contributed by atoms with van der Waals surface area (Å²) in [6.45, 7) is 7.22. The van der Waals surface area contributed by atoms with Crippen LogP contribution in [0.15, 0.2) is 42.5 Å². The van der Waals surface area contributed by atoms with Crippen LogP contribution in [-0.2, 0) is 22.4 Å². The van der Waals surface area contributed by atoms with Crippen LogP contribution in [0.1, 0.15) is 75.1 Å². The monoisotopic (exact) mass is 533 g/mol. The second kappa shape index (κ2) is 12.4. The Morgan fingerprint density at radius 2 is 1.90 bits per heavy atom. The van der Waals surface area contributed by atoms with E-state index in [2.05, 4.69) is 40.7 Å². The molecule has 3 heterocycles. The van der Waals surface area contributed by atoms with E-state index < -0.39 is 0 Å². The molecule has 0 aliphatic carbocycles. The lowest BCUT2D eigenvalue weighted by Crippen LogP contribution is -2.51. The van der Waals surface area contributed by atoms with E-state index >= 15 is 0 Å². The standard InChI is InChI=1S/C32H43N3O4/c1-23-20-27-21-26(11-12-29(27)39-23)24(2)34-30(36)22-35-17-14-32(15-18-35)13-6-5-9-25-8-3-4-10-28(25)38-19-7-16-33-31(32)37/h3-4,8,10-12,21,23-24H,5-7,9,13-20,22H2,1-2H3,(H,33,37)(H,34,36). The fourth-order valence-electron chi connectivity index (χ4n) is 6.29. The van der Waals surface area contributed by atoms with Crippen molar-refractivity contribution in [2.45, 2.75) is 77.4 Å². The summed E-state index contributed by atoms with van der Waals surface area (Å²) in [5.74, 6) is 2.13. The van der Waals surface area contributed by atoms with Crippen LogP contribution in [-0.4, -0.2) is 55.6 Å². The molecule has 210 valence electrons. The largest absolute Gasteiger partial charge is 0.493 e. The van der Waals surface area contributed by atoms with Crippen molar-refractivity contribution in [3.05, 3.63) is 59.2 Å². The molecule has 1 saturated heterocycles. The normalized spacial score (nSPS) is 22.5. The summed E-state index contributed by atoms with van der Waals surface area (Å²) in [7, 11) is 0. The van der Waals surface area contributed by atoms with Crippen molar-refractivity contribution < 1.29 is 19.1 Å². The maximum Gasteiger partial charge on any atom is 0.234 e. The van der Waals surface area contributed by atoms with Gasteiger partial charge in [0.15, 0.2) is 0 Å². The molecule has 0 aromatic heterocycles. The van der Waals surface area contributed by atoms with Gasteiger partial charge in [0.05, 0.1) is 24.6 Å². The van der Waals surface area contributed by atoms with Crippen molar-refractivity contribution in [2.24, 2.45) is 5.41 Å². The Balaban J connectivity index is 1.13. The third-order valence-corrected chi connectivity index (χ3v) is 8.65. The van der Waals surface area contributed by atoms with E-state index in [0.717, 1.165) is 81.5 Å². The summed E-state index contributed by atoms with van der Waals surface area (Å²) in [6.07, 6.45) is 7.38. The number of rotatable bonds is 4. The van der Waals surface area contributed by atoms with Crippen LogP contribution in [0.25, 0.3) is 0 Å². The number of benzene rings is 2. The Hall–Kier alpha value is -3.06. The zero-order valence-corrected chi connectivity index (χ0v) is 23.5. The first-order valence-electron chi connectivity index (χ1n) is 14.7. The number of likely N-dealkylation sites (tertiary alicyclic amines) is 1. The number of ether oxygens (including phenoxy) is 2. The topological polar surface area (TPSA) is 79.9 Å². The van der Waals surface area contributed by atoms with E-state index in [-0.39, 0.29) is 29.4 Å². The zero-order chi connectivity index (χ0) is 27.2. The van der Waals surface area contributed by atoms with Gasteiger partial charge in [0.1, 0.15) is 17.6 Å². The quantitative estimate of drug-likeness (QED) is 0.602. The zero-order valence-electron chi connectivity index (χ0n) is 23.5. The Morgan fingerprint density at radius 1 is 1.08 bits per heavy atom. The molecule has 7 nitrogen and oxygen atoms in total. The Kier molecular flexibility index (Phi) is 8.75. The molecule has 3 aliphatic rings. The number of nitrogens with one attached hydrogen (secondary N) is 2. The second-order valence-electron chi connectivity index (χ2n) is 11.6. The summed E-state index contributed by atoms with van der Waals surface area (Å²) >= 11 is 0. The maximum absolute atomic E-state index is 13.4. The SMILES string of the molecule is CC1Cc2cc(C(C)NC(=O)CN3CCC4(CCCCc5ccccc5OCCCNC4=O)CC3)ccc2O1. The number of aryl methyl sites for hydroxylation is 1. The fourth-order valence-corrected chi connectivity index (χ4v) is 6.29. The van der Waals surface area contributed by atoms with Gasteiger partial charge in [-0.05, 0) is 100 Å². The predicted molar refractivity (Wildman–Crippen MR) is 152 cm³/mol. The highest BCUT2D eigenvalue weighted by atomic mass is 16.5. The number of piperidine rings is 1. The first kappa shape index (κ1) is 27.5. The van der Waals surface area contributed by atoms with E-state index in [9.17, 15) is 9.59 Å². The van der Waals surface area contributed by atoms with Crippen molar-refractivity contribution in [3.63, 3.8) is 0 Å². The third kappa shape index (κ3) is 6.75. The average Bonchev–Trinajstić information content (AvgIpc) is 3.31. The van der Waals surface area contributed by atoms with E-state index in [0.29, 0.717) is 19.7 Å². The molecule has 0 bridgehead atoms. The summed E-state index contributed by atoms with van der Waals surface area (Å²) in [5, 5.41) is 6.37. The van der Waals surface area contributed by atoms with Crippen LogP contribution in [0.4, 0.5) is 0 Å². The van der Waals surface area contributed by atoms with Crippen molar-refractivity contribution in [3.8, 4) is 11.5 Å². The minimum Gasteiger partial charge on any atom is -0.493 e. The number of amides is 2. The lowest BCUT2D eigenvalue weighted by atomic mass is 9.73. The van der Waals surface area contributed by atoms with Crippen LogP contribution in [0.5, 0.6) is 11.5 Å². The molecular formula is C32H43N3O4. The second-order valence-corrected chi connectivity index (χ2v) is 11.6. The van der Waals surface area contributed by atoms with E-state index in [1.54, 1.807) is 0 Å². The van der Waals surface area contributed by atoms with Crippen molar-refractivity contribution >= 4 is 11.8 Å².